The first-order valence-electron chi connectivity index (χ1n) is 9.97. The summed E-state index contributed by atoms with van der Waals surface area (Å²) in [7, 11) is 1.56. The van der Waals surface area contributed by atoms with Gasteiger partial charge in [0.15, 0.2) is 0 Å². The molecule has 1 fully saturated rings. The molecule has 0 unspecified atom stereocenters. The Kier molecular flexibility index (Phi) is 7.14. The fraction of sp³-hybridized carbons (Fsp3) is 0.455. The summed E-state index contributed by atoms with van der Waals surface area (Å²) in [6.45, 7) is 2.96. The van der Waals surface area contributed by atoms with Crippen molar-refractivity contribution in [2.75, 3.05) is 20.2 Å². The first-order chi connectivity index (χ1) is 14.1. The number of hydrogen-bond acceptors (Lipinski definition) is 5. The van der Waals surface area contributed by atoms with E-state index in [0.29, 0.717) is 24.4 Å². The van der Waals surface area contributed by atoms with Crippen LogP contribution in [-0.4, -0.2) is 38.3 Å². The Hall–Kier alpha value is -2.54. The van der Waals surface area contributed by atoms with E-state index in [4.69, 9.17) is 9.47 Å². The number of alkyl carbamates (subject to hydrolysis) is 1. The Morgan fingerprint density at radius 1 is 1.14 bits per heavy atom. The monoisotopic (exact) mass is 416 g/mol. The number of carbonyl (C=O) groups is 2. The number of para-hydroxylation sites is 1. The Labute approximate surface area is 175 Å². The van der Waals surface area contributed by atoms with Gasteiger partial charge in [0.1, 0.15) is 11.9 Å². The van der Waals surface area contributed by atoms with E-state index in [1.54, 1.807) is 30.6 Å². The van der Waals surface area contributed by atoms with Gasteiger partial charge in [0.05, 0.1) is 12.7 Å². The van der Waals surface area contributed by atoms with E-state index in [2.05, 4.69) is 22.1 Å². The number of hydrogen-bond donors (Lipinski definition) is 2. The lowest BCUT2D eigenvalue weighted by atomic mass is 9.72. The molecule has 2 N–H and O–H groups in total. The van der Waals surface area contributed by atoms with Gasteiger partial charge in [0.25, 0.3) is 5.91 Å². The Morgan fingerprint density at radius 2 is 1.90 bits per heavy atom. The molecule has 0 aliphatic heterocycles. The van der Waals surface area contributed by atoms with Gasteiger partial charge in [-0.05, 0) is 56.2 Å². The molecule has 1 aromatic carbocycles. The zero-order valence-corrected chi connectivity index (χ0v) is 17.7. The summed E-state index contributed by atoms with van der Waals surface area (Å²) < 4.78 is 10.8. The molecule has 2 aromatic rings. The molecule has 0 spiro atoms. The molecule has 2 amide bonds. The molecule has 156 valence electrons. The average molecular weight is 417 g/mol. The van der Waals surface area contributed by atoms with Gasteiger partial charge in [-0.2, -0.15) is 0 Å². The van der Waals surface area contributed by atoms with Crippen LogP contribution in [0.25, 0.3) is 0 Å². The Bertz CT molecular complexity index is 814. The van der Waals surface area contributed by atoms with E-state index >= 15 is 0 Å². The normalized spacial score (nSPS) is 21.2. The number of benzene rings is 1. The fourth-order valence-corrected chi connectivity index (χ4v) is 4.85. The van der Waals surface area contributed by atoms with Crippen LogP contribution in [0.3, 0.4) is 0 Å². The second-order valence-corrected chi connectivity index (χ2v) is 8.22. The number of methoxy groups -OCH3 is 1. The number of carbonyl (C=O) groups excluding carboxylic acids is 2. The van der Waals surface area contributed by atoms with Gasteiger partial charge in [0, 0.05) is 23.4 Å². The topological polar surface area (TPSA) is 76.7 Å². The van der Waals surface area contributed by atoms with Gasteiger partial charge in [-0.1, -0.05) is 18.2 Å². The molecule has 1 heterocycles. The summed E-state index contributed by atoms with van der Waals surface area (Å²) in [6.07, 6.45) is 2.82. The van der Waals surface area contributed by atoms with Crippen molar-refractivity contribution >= 4 is 23.3 Å². The number of nitrogens with one attached hydrogen (secondary N) is 2. The quantitative estimate of drug-likeness (QED) is 0.712. The van der Waals surface area contributed by atoms with Crippen LogP contribution in [0.5, 0.6) is 5.75 Å². The molecular formula is C22H28N2O4S. The Balaban J connectivity index is 1.68. The number of ether oxygens (including phenoxy) is 2. The molecule has 29 heavy (non-hydrogen) atoms. The van der Waals surface area contributed by atoms with Crippen LogP contribution >= 0.6 is 11.3 Å². The molecular weight excluding hydrogens is 388 g/mol. The first kappa shape index (κ1) is 21.2. The van der Waals surface area contributed by atoms with Gasteiger partial charge in [0.2, 0.25) is 0 Å². The van der Waals surface area contributed by atoms with Crippen molar-refractivity contribution in [1.82, 2.24) is 10.6 Å². The third-order valence-electron chi connectivity index (χ3n) is 5.47. The van der Waals surface area contributed by atoms with Gasteiger partial charge in [-0.25, -0.2) is 4.79 Å². The van der Waals surface area contributed by atoms with Crippen molar-refractivity contribution in [1.29, 1.82) is 0 Å². The number of amides is 2. The van der Waals surface area contributed by atoms with Crippen LogP contribution in [0, 0.1) is 0 Å². The van der Waals surface area contributed by atoms with Crippen molar-refractivity contribution < 1.29 is 19.1 Å². The van der Waals surface area contributed by atoms with E-state index in [-0.39, 0.29) is 23.5 Å². The van der Waals surface area contributed by atoms with Crippen LogP contribution < -0.4 is 15.4 Å². The van der Waals surface area contributed by atoms with Gasteiger partial charge >= 0.3 is 6.09 Å². The minimum absolute atomic E-state index is 0.0837. The first-order valence-corrected chi connectivity index (χ1v) is 10.9. The third kappa shape index (κ3) is 5.09. The summed E-state index contributed by atoms with van der Waals surface area (Å²) in [5.41, 5.74) is 0.386. The predicted molar refractivity (Wildman–Crippen MR) is 114 cm³/mol. The molecule has 0 bridgehead atoms. The molecule has 0 radical (unpaired) electrons. The maximum absolute atomic E-state index is 12.8. The largest absolute Gasteiger partial charge is 0.496 e. The second-order valence-electron chi connectivity index (χ2n) is 7.28. The number of thiophene rings is 1. The number of rotatable bonds is 7. The molecule has 7 heteroatoms. The van der Waals surface area contributed by atoms with E-state index in [9.17, 15) is 9.59 Å². The average Bonchev–Trinajstić information content (AvgIpc) is 3.29. The Morgan fingerprint density at radius 3 is 2.55 bits per heavy atom. The van der Waals surface area contributed by atoms with Crippen LogP contribution in [0.15, 0.2) is 41.8 Å². The summed E-state index contributed by atoms with van der Waals surface area (Å²) in [4.78, 5) is 25.8. The van der Waals surface area contributed by atoms with Gasteiger partial charge in [-0.3, -0.25) is 4.79 Å². The van der Waals surface area contributed by atoms with Crippen molar-refractivity contribution in [2.24, 2.45) is 0 Å². The van der Waals surface area contributed by atoms with E-state index in [1.807, 2.05) is 25.1 Å². The van der Waals surface area contributed by atoms with Crippen molar-refractivity contribution in [3.05, 3.63) is 52.2 Å². The highest BCUT2D eigenvalue weighted by Gasteiger charge is 2.39. The highest BCUT2D eigenvalue weighted by molar-refractivity contribution is 7.10. The van der Waals surface area contributed by atoms with Crippen LogP contribution in [-0.2, 0) is 10.2 Å². The molecule has 1 aliphatic carbocycles. The zero-order chi connectivity index (χ0) is 20.7. The maximum atomic E-state index is 12.8. The predicted octanol–water partition coefficient (Wildman–Crippen LogP) is 4.11. The van der Waals surface area contributed by atoms with Gasteiger partial charge in [-0.15, -0.1) is 11.3 Å². The molecule has 1 aromatic heterocycles. The zero-order valence-electron chi connectivity index (χ0n) is 16.9. The molecule has 6 nitrogen and oxygen atoms in total. The summed E-state index contributed by atoms with van der Waals surface area (Å²) >= 11 is 1.71. The van der Waals surface area contributed by atoms with E-state index in [0.717, 1.165) is 25.7 Å². The van der Waals surface area contributed by atoms with E-state index in [1.165, 1.54) is 4.88 Å². The standard InChI is InChI=1S/C22H28N2O4S/c1-3-23-21(26)28-16-10-12-22(13-11-16,19-9-6-14-29-19)15-24-20(25)17-7-4-5-8-18(17)27-2/h4-9,14,16H,3,10-13,15H2,1-2H3,(H,23,26)(H,24,25)/t16-,22-. The highest BCUT2D eigenvalue weighted by Crippen LogP contribution is 2.42. The summed E-state index contributed by atoms with van der Waals surface area (Å²) in [6, 6.07) is 11.4. The fourth-order valence-electron chi connectivity index (χ4n) is 3.87. The van der Waals surface area contributed by atoms with Crippen molar-refractivity contribution in [3.63, 3.8) is 0 Å². The van der Waals surface area contributed by atoms with Gasteiger partial charge < -0.3 is 20.1 Å². The lowest BCUT2D eigenvalue weighted by Gasteiger charge is -2.39. The maximum Gasteiger partial charge on any atom is 0.407 e. The highest BCUT2D eigenvalue weighted by atomic mass is 32.1. The van der Waals surface area contributed by atoms with Crippen LogP contribution in [0.2, 0.25) is 0 Å². The molecule has 3 rings (SSSR count). The van der Waals surface area contributed by atoms with Crippen molar-refractivity contribution in [3.8, 4) is 5.75 Å². The lowest BCUT2D eigenvalue weighted by Crippen LogP contribution is -2.44. The SMILES string of the molecule is CCNC(=O)O[C@H]1CC[C@](CNC(=O)c2ccccc2OC)(c2cccs2)CC1. The molecule has 1 aliphatic rings. The van der Waals surface area contributed by atoms with Crippen LogP contribution in [0.1, 0.15) is 47.8 Å². The molecule has 1 saturated carbocycles. The summed E-state index contributed by atoms with van der Waals surface area (Å²) in [5.74, 6) is 0.424. The third-order valence-corrected chi connectivity index (χ3v) is 6.58. The minimum atomic E-state index is -0.356. The van der Waals surface area contributed by atoms with Crippen molar-refractivity contribution in [2.45, 2.75) is 44.1 Å². The molecule has 0 saturated heterocycles. The minimum Gasteiger partial charge on any atom is -0.496 e. The molecule has 0 atom stereocenters. The van der Waals surface area contributed by atoms with E-state index < -0.39 is 0 Å². The summed E-state index contributed by atoms with van der Waals surface area (Å²) in [5, 5.41) is 7.86. The second kappa shape index (κ2) is 9.78. The lowest BCUT2D eigenvalue weighted by molar-refractivity contribution is 0.0573. The smallest absolute Gasteiger partial charge is 0.407 e. The van der Waals surface area contributed by atoms with Crippen LogP contribution in [0.4, 0.5) is 4.79 Å².